The number of anilines is 1. The number of aryl methyl sites for hydroxylation is 2. The molecule has 0 spiro atoms. The first-order valence-electron chi connectivity index (χ1n) is 14.1. The Balaban J connectivity index is 1.65. The molecular weight excluding hydrogens is 562 g/mol. The molecule has 0 saturated carbocycles. The number of phenols is 3. The summed E-state index contributed by atoms with van der Waals surface area (Å²) >= 11 is 0. The molecule has 0 atom stereocenters. The van der Waals surface area contributed by atoms with Crippen LogP contribution in [0.3, 0.4) is 0 Å². The molecule has 0 aromatic heterocycles. The van der Waals surface area contributed by atoms with Crippen LogP contribution in [0, 0.1) is 0 Å². The molecule has 7 nitrogen and oxygen atoms in total. The molecule has 43 heavy (non-hydrogen) atoms. The summed E-state index contributed by atoms with van der Waals surface area (Å²) in [7, 11) is -4.06. The smallest absolute Gasteiger partial charge is 0.259 e. The maximum Gasteiger partial charge on any atom is 0.259 e. The van der Waals surface area contributed by atoms with Crippen LogP contribution < -0.4 is 5.32 Å². The highest BCUT2D eigenvalue weighted by Crippen LogP contribution is 2.42. The second-order valence-electron chi connectivity index (χ2n) is 12.8. The van der Waals surface area contributed by atoms with Crippen molar-refractivity contribution in [1.29, 1.82) is 0 Å². The molecule has 0 unspecified atom stereocenters. The van der Waals surface area contributed by atoms with Crippen LogP contribution in [0.4, 0.5) is 5.69 Å². The SMILES string of the molecule is CC(C)(C)c1ccc(CCc2cc(C(=O)Nc3ccccc3S(=O)(=O)c3ccccc3C(C)(C)C)c(O)c(O)c2O)cc1. The third kappa shape index (κ3) is 6.70. The first kappa shape index (κ1) is 31.6. The minimum Gasteiger partial charge on any atom is -0.504 e. The summed E-state index contributed by atoms with van der Waals surface area (Å²) in [5.41, 5.74) is 2.36. The van der Waals surface area contributed by atoms with Crippen molar-refractivity contribution < 1.29 is 28.5 Å². The number of benzene rings is 4. The van der Waals surface area contributed by atoms with E-state index in [1.165, 1.54) is 23.8 Å². The van der Waals surface area contributed by atoms with Gasteiger partial charge in [-0.15, -0.1) is 0 Å². The van der Waals surface area contributed by atoms with Gasteiger partial charge in [-0.3, -0.25) is 4.79 Å². The maximum atomic E-state index is 13.9. The third-order valence-electron chi connectivity index (χ3n) is 7.48. The number of carbonyl (C=O) groups excluding carboxylic acids is 1. The van der Waals surface area contributed by atoms with Gasteiger partial charge in [-0.1, -0.05) is 96.1 Å². The van der Waals surface area contributed by atoms with E-state index in [0.717, 1.165) is 5.56 Å². The van der Waals surface area contributed by atoms with Crippen LogP contribution in [0.1, 0.15) is 74.2 Å². The summed E-state index contributed by atoms with van der Waals surface area (Å²) in [5, 5.41) is 34.2. The summed E-state index contributed by atoms with van der Waals surface area (Å²) in [6.45, 7) is 12.2. The highest BCUT2D eigenvalue weighted by atomic mass is 32.2. The molecule has 4 aromatic rings. The highest BCUT2D eigenvalue weighted by molar-refractivity contribution is 7.91. The molecule has 4 N–H and O–H groups in total. The Labute approximate surface area is 253 Å². The zero-order chi connectivity index (χ0) is 31.7. The highest BCUT2D eigenvalue weighted by Gasteiger charge is 2.29. The Bertz CT molecular complexity index is 1760. The van der Waals surface area contributed by atoms with Crippen LogP contribution in [-0.4, -0.2) is 29.6 Å². The molecule has 0 heterocycles. The van der Waals surface area contributed by atoms with Crippen LogP contribution in [0.2, 0.25) is 0 Å². The fourth-order valence-corrected chi connectivity index (χ4v) is 6.77. The second-order valence-corrected chi connectivity index (χ2v) is 14.7. The van der Waals surface area contributed by atoms with E-state index in [0.29, 0.717) is 12.0 Å². The summed E-state index contributed by atoms with van der Waals surface area (Å²) in [6.07, 6.45) is 0.793. The number of sulfone groups is 1. The number of aromatic hydroxyl groups is 3. The molecule has 1 amide bonds. The number of amides is 1. The molecule has 4 aromatic carbocycles. The molecule has 0 fully saturated rings. The van der Waals surface area contributed by atoms with Gasteiger partial charge >= 0.3 is 0 Å². The lowest BCUT2D eigenvalue weighted by Gasteiger charge is -2.23. The number of hydrogen-bond acceptors (Lipinski definition) is 6. The quantitative estimate of drug-likeness (QED) is 0.165. The van der Waals surface area contributed by atoms with Crippen molar-refractivity contribution in [3.05, 3.63) is 107 Å². The molecule has 4 rings (SSSR count). The van der Waals surface area contributed by atoms with Gasteiger partial charge in [-0.05, 0) is 70.2 Å². The average molecular weight is 602 g/mol. The Hall–Kier alpha value is -4.30. The summed E-state index contributed by atoms with van der Waals surface area (Å²) in [6, 6.07) is 22.2. The van der Waals surface area contributed by atoms with Gasteiger partial charge in [-0.2, -0.15) is 0 Å². The normalized spacial score (nSPS) is 12.2. The number of hydrogen-bond donors (Lipinski definition) is 4. The predicted octanol–water partition coefficient (Wildman–Crippen LogP) is 7.27. The Morgan fingerprint density at radius 1 is 0.698 bits per heavy atom. The van der Waals surface area contributed by atoms with E-state index in [4.69, 9.17) is 0 Å². The van der Waals surface area contributed by atoms with Crippen LogP contribution in [0.25, 0.3) is 0 Å². The first-order valence-corrected chi connectivity index (χ1v) is 15.6. The van der Waals surface area contributed by atoms with Crippen molar-refractivity contribution in [2.24, 2.45) is 0 Å². The largest absolute Gasteiger partial charge is 0.504 e. The standard InChI is InChI=1S/C35H39NO6S/c1-34(2,3)24-19-16-22(17-20-24)15-18-23-21-25(31(38)32(39)30(23)37)33(40)36-27-12-8-10-14-29(27)43(41,42)28-13-9-7-11-26(28)35(4,5)6/h7-14,16-17,19-21,37-39H,15,18H2,1-6H3,(H,36,40). The van der Waals surface area contributed by atoms with Crippen molar-refractivity contribution in [2.75, 3.05) is 5.32 Å². The lowest BCUT2D eigenvalue weighted by molar-refractivity contribution is 0.102. The van der Waals surface area contributed by atoms with Crippen molar-refractivity contribution >= 4 is 21.4 Å². The van der Waals surface area contributed by atoms with E-state index in [2.05, 4.69) is 26.1 Å². The maximum absolute atomic E-state index is 13.9. The Kier molecular flexibility index (Phi) is 8.65. The minimum absolute atomic E-state index is 0.00966. The van der Waals surface area contributed by atoms with Gasteiger partial charge < -0.3 is 20.6 Å². The first-order chi connectivity index (χ1) is 20.0. The van der Waals surface area contributed by atoms with Gasteiger partial charge in [0.1, 0.15) is 0 Å². The summed E-state index contributed by atoms with van der Waals surface area (Å²) in [5.74, 6) is -2.96. The topological polar surface area (TPSA) is 124 Å². The van der Waals surface area contributed by atoms with E-state index >= 15 is 0 Å². The molecule has 8 heteroatoms. The molecule has 0 aliphatic heterocycles. The number of phenolic OH excluding ortho intramolecular Hbond substituents is 3. The molecule has 226 valence electrons. The summed E-state index contributed by atoms with van der Waals surface area (Å²) < 4.78 is 27.8. The van der Waals surface area contributed by atoms with Crippen molar-refractivity contribution in [2.45, 2.75) is 75.0 Å². The van der Waals surface area contributed by atoms with Gasteiger partial charge in [0.15, 0.2) is 11.5 Å². The van der Waals surface area contributed by atoms with Crippen LogP contribution in [0.5, 0.6) is 17.2 Å². The van der Waals surface area contributed by atoms with E-state index < -0.39 is 38.4 Å². The van der Waals surface area contributed by atoms with Gasteiger partial charge in [0, 0.05) is 0 Å². The zero-order valence-electron chi connectivity index (χ0n) is 25.4. The van der Waals surface area contributed by atoms with Crippen molar-refractivity contribution in [1.82, 2.24) is 0 Å². The van der Waals surface area contributed by atoms with Gasteiger partial charge in [-0.25, -0.2) is 8.42 Å². The molecule has 0 aliphatic carbocycles. The fraction of sp³-hybridized carbons (Fsp3) is 0.286. The molecule has 0 aliphatic rings. The van der Waals surface area contributed by atoms with Crippen LogP contribution >= 0.6 is 0 Å². The minimum atomic E-state index is -4.06. The molecule has 0 saturated heterocycles. The summed E-state index contributed by atoms with van der Waals surface area (Å²) in [4.78, 5) is 13.5. The number of carbonyl (C=O) groups is 1. The van der Waals surface area contributed by atoms with E-state index in [1.54, 1.807) is 36.4 Å². The molecular formula is C35H39NO6S. The van der Waals surface area contributed by atoms with E-state index in [-0.39, 0.29) is 38.4 Å². The van der Waals surface area contributed by atoms with E-state index in [1.807, 2.05) is 45.0 Å². The number of rotatable bonds is 7. The van der Waals surface area contributed by atoms with Gasteiger partial charge in [0.2, 0.25) is 15.6 Å². The lowest BCUT2D eigenvalue weighted by atomic mass is 9.86. The van der Waals surface area contributed by atoms with Gasteiger partial charge in [0.05, 0.1) is 21.0 Å². The Morgan fingerprint density at radius 2 is 1.28 bits per heavy atom. The molecule has 0 radical (unpaired) electrons. The van der Waals surface area contributed by atoms with E-state index in [9.17, 15) is 28.5 Å². The monoisotopic (exact) mass is 601 g/mol. The van der Waals surface area contributed by atoms with Gasteiger partial charge in [0.25, 0.3) is 5.91 Å². The third-order valence-corrected chi connectivity index (χ3v) is 9.35. The van der Waals surface area contributed by atoms with Crippen LogP contribution in [0.15, 0.2) is 88.7 Å². The fourth-order valence-electron chi connectivity index (χ4n) is 4.95. The lowest BCUT2D eigenvalue weighted by Crippen LogP contribution is -2.19. The number of nitrogens with one attached hydrogen (secondary N) is 1. The number of para-hydroxylation sites is 1. The van der Waals surface area contributed by atoms with Crippen LogP contribution in [-0.2, 0) is 33.5 Å². The average Bonchev–Trinajstić information content (AvgIpc) is 2.95. The van der Waals surface area contributed by atoms with Crippen molar-refractivity contribution in [3.8, 4) is 17.2 Å². The predicted molar refractivity (Wildman–Crippen MR) is 169 cm³/mol. The molecule has 0 bridgehead atoms. The second kappa shape index (κ2) is 11.8. The zero-order valence-corrected chi connectivity index (χ0v) is 26.2. The Morgan fingerprint density at radius 3 is 1.88 bits per heavy atom. The van der Waals surface area contributed by atoms with Crippen molar-refractivity contribution in [3.63, 3.8) is 0 Å².